The summed E-state index contributed by atoms with van der Waals surface area (Å²) in [5.41, 5.74) is 4.17. The highest BCUT2D eigenvalue weighted by atomic mass is 16.5. The number of carbonyl (C=O) groups excluding carboxylic acids is 1. The van der Waals surface area contributed by atoms with Gasteiger partial charge in [0.05, 0.1) is 18.7 Å². The van der Waals surface area contributed by atoms with E-state index in [0.29, 0.717) is 24.6 Å². The van der Waals surface area contributed by atoms with Crippen LogP contribution in [0.25, 0.3) is 11.1 Å². The van der Waals surface area contributed by atoms with Gasteiger partial charge in [0.25, 0.3) is 0 Å². The molecule has 2 heterocycles. The van der Waals surface area contributed by atoms with Crippen LogP contribution >= 0.6 is 0 Å². The van der Waals surface area contributed by atoms with Gasteiger partial charge in [0.1, 0.15) is 5.76 Å². The van der Waals surface area contributed by atoms with Crippen molar-refractivity contribution in [3.8, 4) is 11.1 Å². The molecule has 0 radical (unpaired) electrons. The lowest BCUT2D eigenvalue weighted by Gasteiger charge is -2.08. The van der Waals surface area contributed by atoms with E-state index >= 15 is 0 Å². The first-order chi connectivity index (χ1) is 13.8. The number of rotatable bonds is 7. The average molecular weight is 376 g/mol. The predicted octanol–water partition coefficient (Wildman–Crippen LogP) is 3.63. The number of amides is 1. The van der Waals surface area contributed by atoms with E-state index < -0.39 is 0 Å². The minimum Gasteiger partial charge on any atom is -0.381 e. The van der Waals surface area contributed by atoms with Crippen molar-refractivity contribution in [2.24, 2.45) is 5.92 Å². The van der Waals surface area contributed by atoms with Crippen LogP contribution in [0.2, 0.25) is 0 Å². The van der Waals surface area contributed by atoms with Gasteiger partial charge in [-0.15, -0.1) is 0 Å². The molecular weight excluding hydrogens is 352 g/mol. The van der Waals surface area contributed by atoms with E-state index in [2.05, 4.69) is 46.9 Å². The summed E-state index contributed by atoms with van der Waals surface area (Å²) in [6.45, 7) is 2.19. The lowest BCUT2D eigenvalue weighted by Crippen LogP contribution is -2.30. The van der Waals surface area contributed by atoms with Crippen molar-refractivity contribution in [1.82, 2.24) is 10.5 Å². The first-order valence-corrected chi connectivity index (χ1v) is 9.69. The lowest BCUT2D eigenvalue weighted by atomic mass is 10.0. The Morgan fingerprint density at radius 2 is 1.93 bits per heavy atom. The Hall–Kier alpha value is -2.92. The number of aromatic nitrogens is 1. The fraction of sp³-hybridized carbons (Fsp3) is 0.304. The van der Waals surface area contributed by atoms with Crippen LogP contribution in [0.3, 0.4) is 0 Å². The Morgan fingerprint density at radius 1 is 1.07 bits per heavy atom. The van der Waals surface area contributed by atoms with Crippen LogP contribution in [-0.4, -0.2) is 30.8 Å². The Kier molecular flexibility index (Phi) is 5.83. The van der Waals surface area contributed by atoms with Gasteiger partial charge in [0.15, 0.2) is 0 Å². The molecule has 1 atom stereocenters. The molecule has 144 valence electrons. The maximum atomic E-state index is 12.1. The van der Waals surface area contributed by atoms with Crippen molar-refractivity contribution >= 4 is 5.91 Å². The second-order valence-corrected chi connectivity index (χ2v) is 7.24. The third-order valence-electron chi connectivity index (χ3n) is 4.97. The third-order valence-corrected chi connectivity index (χ3v) is 4.97. The molecule has 1 aliphatic heterocycles. The van der Waals surface area contributed by atoms with Gasteiger partial charge in [0.2, 0.25) is 5.91 Å². The number of hydrogen-bond acceptors (Lipinski definition) is 4. The van der Waals surface area contributed by atoms with Crippen molar-refractivity contribution in [2.45, 2.75) is 19.3 Å². The van der Waals surface area contributed by atoms with Crippen LogP contribution in [0.5, 0.6) is 0 Å². The molecule has 2 aromatic carbocycles. The Balaban J connectivity index is 1.34. The average Bonchev–Trinajstić information content (AvgIpc) is 3.39. The van der Waals surface area contributed by atoms with E-state index in [9.17, 15) is 4.79 Å². The number of nitrogens with one attached hydrogen (secondary N) is 1. The summed E-state index contributed by atoms with van der Waals surface area (Å²) < 4.78 is 10.8. The number of nitrogens with zero attached hydrogens (tertiary/aromatic N) is 1. The fourth-order valence-corrected chi connectivity index (χ4v) is 3.44. The molecule has 1 saturated heterocycles. The van der Waals surface area contributed by atoms with E-state index in [-0.39, 0.29) is 12.3 Å². The molecule has 0 spiro atoms. The summed E-state index contributed by atoms with van der Waals surface area (Å²) in [6, 6.07) is 20.5. The summed E-state index contributed by atoms with van der Waals surface area (Å²) in [4.78, 5) is 12.1. The van der Waals surface area contributed by atoms with E-state index in [0.717, 1.165) is 31.0 Å². The molecule has 1 unspecified atom stereocenters. The number of benzene rings is 2. The van der Waals surface area contributed by atoms with E-state index in [1.165, 1.54) is 11.1 Å². The zero-order valence-electron chi connectivity index (χ0n) is 15.8. The summed E-state index contributed by atoms with van der Waals surface area (Å²) in [5, 5.41) is 7.01. The van der Waals surface area contributed by atoms with Gasteiger partial charge in [-0.2, -0.15) is 0 Å². The Bertz CT molecular complexity index is 914. The summed E-state index contributed by atoms with van der Waals surface area (Å²) in [6.07, 6.45) is 1.90. The van der Waals surface area contributed by atoms with Gasteiger partial charge in [-0.3, -0.25) is 4.79 Å². The van der Waals surface area contributed by atoms with Crippen LogP contribution < -0.4 is 5.32 Å². The van der Waals surface area contributed by atoms with Gasteiger partial charge in [-0.1, -0.05) is 59.8 Å². The maximum Gasteiger partial charge on any atom is 0.226 e. The standard InChI is InChI=1S/C23H24N2O3/c26-23(24-15-18-9-10-27-16-18)14-21-13-22(28-25-21)12-17-5-4-8-20(11-17)19-6-2-1-3-7-19/h1-8,11,13,18H,9-10,12,14-16H2,(H,24,26). The molecule has 0 bridgehead atoms. The molecule has 1 fully saturated rings. The largest absolute Gasteiger partial charge is 0.381 e. The first kappa shape index (κ1) is 18.4. The van der Waals surface area contributed by atoms with E-state index in [1.54, 1.807) is 0 Å². The van der Waals surface area contributed by atoms with E-state index in [4.69, 9.17) is 9.26 Å². The fourth-order valence-electron chi connectivity index (χ4n) is 3.44. The quantitative estimate of drug-likeness (QED) is 0.684. The maximum absolute atomic E-state index is 12.1. The van der Waals surface area contributed by atoms with Crippen LogP contribution in [0, 0.1) is 5.92 Å². The number of hydrogen-bond donors (Lipinski definition) is 1. The van der Waals surface area contributed by atoms with Gasteiger partial charge in [0, 0.05) is 31.6 Å². The van der Waals surface area contributed by atoms with Gasteiger partial charge < -0.3 is 14.6 Å². The highest BCUT2D eigenvalue weighted by Gasteiger charge is 2.17. The highest BCUT2D eigenvalue weighted by molar-refractivity contribution is 5.78. The SMILES string of the molecule is O=C(Cc1cc(Cc2cccc(-c3ccccc3)c2)on1)NCC1CCOC1. The molecule has 4 rings (SSSR count). The van der Waals surface area contributed by atoms with Crippen molar-refractivity contribution in [3.63, 3.8) is 0 Å². The van der Waals surface area contributed by atoms with Gasteiger partial charge >= 0.3 is 0 Å². The second-order valence-electron chi connectivity index (χ2n) is 7.24. The summed E-state index contributed by atoms with van der Waals surface area (Å²) in [5.74, 6) is 1.16. The van der Waals surface area contributed by atoms with E-state index in [1.807, 2.05) is 24.3 Å². The molecular formula is C23H24N2O3. The van der Waals surface area contributed by atoms with Crippen LogP contribution in [0.4, 0.5) is 0 Å². The second kappa shape index (κ2) is 8.85. The Morgan fingerprint density at radius 3 is 2.75 bits per heavy atom. The molecule has 1 aliphatic rings. The predicted molar refractivity (Wildman–Crippen MR) is 107 cm³/mol. The van der Waals surface area contributed by atoms with Crippen LogP contribution in [0.15, 0.2) is 65.2 Å². The lowest BCUT2D eigenvalue weighted by molar-refractivity contribution is -0.120. The smallest absolute Gasteiger partial charge is 0.226 e. The van der Waals surface area contributed by atoms with Crippen molar-refractivity contribution < 1.29 is 14.1 Å². The van der Waals surface area contributed by atoms with Crippen molar-refractivity contribution in [1.29, 1.82) is 0 Å². The summed E-state index contributed by atoms with van der Waals surface area (Å²) in [7, 11) is 0. The van der Waals surface area contributed by atoms with Crippen LogP contribution in [-0.2, 0) is 22.4 Å². The molecule has 28 heavy (non-hydrogen) atoms. The number of ether oxygens (including phenoxy) is 1. The molecule has 0 aliphatic carbocycles. The molecule has 0 saturated carbocycles. The Labute approximate surface area is 164 Å². The molecule has 5 heteroatoms. The summed E-state index contributed by atoms with van der Waals surface area (Å²) >= 11 is 0. The molecule has 5 nitrogen and oxygen atoms in total. The number of carbonyl (C=O) groups is 1. The molecule has 3 aromatic rings. The monoisotopic (exact) mass is 376 g/mol. The minimum absolute atomic E-state index is 0.0298. The first-order valence-electron chi connectivity index (χ1n) is 9.69. The van der Waals surface area contributed by atoms with Crippen molar-refractivity contribution in [3.05, 3.63) is 77.7 Å². The minimum atomic E-state index is -0.0298. The normalized spacial score (nSPS) is 16.2. The highest BCUT2D eigenvalue weighted by Crippen LogP contribution is 2.21. The van der Waals surface area contributed by atoms with Crippen molar-refractivity contribution in [2.75, 3.05) is 19.8 Å². The molecule has 1 aromatic heterocycles. The van der Waals surface area contributed by atoms with Crippen LogP contribution in [0.1, 0.15) is 23.4 Å². The van der Waals surface area contributed by atoms with Gasteiger partial charge in [-0.25, -0.2) is 0 Å². The topological polar surface area (TPSA) is 64.4 Å². The zero-order valence-corrected chi connectivity index (χ0v) is 15.8. The molecule has 1 N–H and O–H groups in total. The zero-order chi connectivity index (χ0) is 19.2. The third kappa shape index (κ3) is 4.87. The molecule has 1 amide bonds. The van der Waals surface area contributed by atoms with Gasteiger partial charge in [-0.05, 0) is 23.1 Å².